The number of piperidine rings is 1. The van der Waals surface area contributed by atoms with Crippen LogP contribution in [0.15, 0.2) is 47.0 Å². The van der Waals surface area contributed by atoms with Crippen LogP contribution in [0.5, 0.6) is 0 Å². The summed E-state index contributed by atoms with van der Waals surface area (Å²) in [5, 5.41) is 7.82. The molecule has 1 aromatic heterocycles. The van der Waals surface area contributed by atoms with Crippen molar-refractivity contribution in [2.75, 3.05) is 18.4 Å². The average Bonchev–Trinajstić information content (AvgIpc) is 3.16. The highest BCUT2D eigenvalue weighted by Gasteiger charge is 2.27. The third-order valence-electron chi connectivity index (χ3n) is 5.29. The van der Waals surface area contributed by atoms with E-state index in [9.17, 15) is 4.79 Å². The number of benzene rings is 2. The van der Waals surface area contributed by atoms with Crippen LogP contribution in [0.1, 0.15) is 29.9 Å². The zero-order chi connectivity index (χ0) is 21.1. The van der Waals surface area contributed by atoms with Gasteiger partial charge in [0.25, 0.3) is 0 Å². The van der Waals surface area contributed by atoms with Gasteiger partial charge >= 0.3 is 0 Å². The summed E-state index contributed by atoms with van der Waals surface area (Å²) in [6.45, 7) is 6.19. The Morgan fingerprint density at radius 2 is 1.93 bits per heavy atom. The van der Waals surface area contributed by atoms with Crippen molar-refractivity contribution in [1.29, 1.82) is 0 Å². The molecule has 2 heterocycles. The first kappa shape index (κ1) is 20.6. The predicted molar refractivity (Wildman–Crippen MR) is 117 cm³/mol. The van der Waals surface area contributed by atoms with E-state index in [-0.39, 0.29) is 11.8 Å². The van der Waals surface area contributed by atoms with E-state index in [1.165, 1.54) is 0 Å². The lowest BCUT2D eigenvalue weighted by atomic mass is 9.97. The minimum Gasteiger partial charge on any atom is -0.338 e. The number of carbonyl (C=O) groups excluding carboxylic acids is 1. The van der Waals surface area contributed by atoms with E-state index in [2.05, 4.69) is 26.4 Å². The fraction of sp³-hybridized carbons (Fsp3) is 0.348. The molecule has 156 valence electrons. The lowest BCUT2D eigenvalue weighted by Crippen LogP contribution is -2.40. The van der Waals surface area contributed by atoms with Gasteiger partial charge in [-0.05, 0) is 80.8 Å². The number of amides is 1. The van der Waals surface area contributed by atoms with Gasteiger partial charge in [-0.3, -0.25) is 9.69 Å². The zero-order valence-corrected chi connectivity index (χ0v) is 17.9. The number of hydrogen-bond donors (Lipinski definition) is 1. The lowest BCUT2D eigenvalue weighted by molar-refractivity contribution is -0.121. The SMILES string of the molecule is Cc1cc(C)cc(NC(=O)C2CCCN(Cc3nc(-c4ccc(Cl)cc4)no3)C2)c1. The Morgan fingerprint density at radius 1 is 1.20 bits per heavy atom. The molecule has 6 nitrogen and oxygen atoms in total. The Kier molecular flexibility index (Phi) is 6.16. The molecule has 1 aliphatic rings. The Hall–Kier alpha value is -2.70. The van der Waals surface area contributed by atoms with Crippen LogP contribution >= 0.6 is 11.6 Å². The standard InChI is InChI=1S/C23H25ClN4O2/c1-15-10-16(2)12-20(11-15)25-23(29)18-4-3-9-28(13-18)14-21-26-22(27-30-21)17-5-7-19(24)8-6-17/h5-8,10-12,18H,3-4,9,13-14H2,1-2H3,(H,25,29). The average molecular weight is 425 g/mol. The molecule has 1 saturated heterocycles. The molecule has 1 amide bonds. The van der Waals surface area contributed by atoms with E-state index in [0.29, 0.717) is 29.8 Å². The number of nitrogens with one attached hydrogen (secondary N) is 1. The van der Waals surface area contributed by atoms with Crippen LogP contribution < -0.4 is 5.32 Å². The Labute approximate surface area is 181 Å². The van der Waals surface area contributed by atoms with Crippen molar-refractivity contribution in [2.24, 2.45) is 5.92 Å². The van der Waals surface area contributed by atoms with Crippen molar-refractivity contribution in [2.45, 2.75) is 33.2 Å². The highest BCUT2D eigenvalue weighted by Crippen LogP contribution is 2.23. The van der Waals surface area contributed by atoms with Gasteiger partial charge in [-0.25, -0.2) is 0 Å². The fourth-order valence-corrected chi connectivity index (χ4v) is 4.06. The van der Waals surface area contributed by atoms with Crippen LogP contribution in [-0.4, -0.2) is 34.0 Å². The Balaban J connectivity index is 1.37. The molecule has 1 unspecified atom stereocenters. The zero-order valence-electron chi connectivity index (χ0n) is 17.2. The molecule has 4 rings (SSSR count). The van der Waals surface area contributed by atoms with Gasteiger partial charge in [0, 0.05) is 22.8 Å². The topological polar surface area (TPSA) is 71.3 Å². The third-order valence-corrected chi connectivity index (χ3v) is 5.55. The molecular weight excluding hydrogens is 400 g/mol. The summed E-state index contributed by atoms with van der Waals surface area (Å²) >= 11 is 5.94. The number of likely N-dealkylation sites (tertiary alicyclic amines) is 1. The van der Waals surface area contributed by atoms with Gasteiger partial charge in [0.05, 0.1) is 12.5 Å². The van der Waals surface area contributed by atoms with Crippen molar-refractivity contribution in [1.82, 2.24) is 15.0 Å². The van der Waals surface area contributed by atoms with E-state index >= 15 is 0 Å². The van der Waals surface area contributed by atoms with E-state index in [0.717, 1.165) is 41.8 Å². The second kappa shape index (κ2) is 8.98. The second-order valence-electron chi connectivity index (χ2n) is 7.96. The summed E-state index contributed by atoms with van der Waals surface area (Å²) in [6.07, 6.45) is 1.84. The summed E-state index contributed by atoms with van der Waals surface area (Å²) < 4.78 is 5.43. The molecule has 30 heavy (non-hydrogen) atoms. The highest BCUT2D eigenvalue weighted by molar-refractivity contribution is 6.30. The van der Waals surface area contributed by atoms with E-state index < -0.39 is 0 Å². The van der Waals surface area contributed by atoms with Gasteiger partial charge < -0.3 is 9.84 Å². The van der Waals surface area contributed by atoms with Crippen LogP contribution in [0.3, 0.4) is 0 Å². The summed E-state index contributed by atoms with van der Waals surface area (Å²) in [6, 6.07) is 13.4. The first-order valence-corrected chi connectivity index (χ1v) is 10.5. The molecule has 1 atom stereocenters. The third kappa shape index (κ3) is 5.07. The number of carbonyl (C=O) groups is 1. The monoisotopic (exact) mass is 424 g/mol. The van der Waals surface area contributed by atoms with Crippen LogP contribution in [0, 0.1) is 19.8 Å². The molecule has 3 aromatic rings. The van der Waals surface area contributed by atoms with E-state index in [1.807, 2.05) is 38.1 Å². The number of aromatic nitrogens is 2. The molecule has 0 radical (unpaired) electrons. The van der Waals surface area contributed by atoms with E-state index in [4.69, 9.17) is 16.1 Å². The molecule has 1 fully saturated rings. The number of halogens is 1. The molecule has 2 aromatic carbocycles. The fourth-order valence-electron chi connectivity index (χ4n) is 3.93. The van der Waals surface area contributed by atoms with Crippen molar-refractivity contribution in [3.63, 3.8) is 0 Å². The number of anilines is 1. The van der Waals surface area contributed by atoms with Gasteiger partial charge in [0.1, 0.15) is 0 Å². The number of rotatable bonds is 5. The van der Waals surface area contributed by atoms with Gasteiger partial charge in [-0.1, -0.05) is 22.8 Å². The van der Waals surface area contributed by atoms with Gasteiger partial charge in [0.2, 0.25) is 17.6 Å². The summed E-state index contributed by atoms with van der Waals surface area (Å²) in [5.74, 6) is 1.11. The highest BCUT2D eigenvalue weighted by atomic mass is 35.5. The summed E-state index contributed by atoms with van der Waals surface area (Å²) in [5.41, 5.74) is 4.00. The first-order chi connectivity index (χ1) is 14.5. The Morgan fingerprint density at radius 3 is 2.67 bits per heavy atom. The van der Waals surface area contributed by atoms with Crippen LogP contribution in [0.2, 0.25) is 5.02 Å². The molecule has 1 N–H and O–H groups in total. The second-order valence-corrected chi connectivity index (χ2v) is 8.39. The molecule has 0 saturated carbocycles. The number of hydrogen-bond acceptors (Lipinski definition) is 5. The molecule has 0 aliphatic carbocycles. The molecule has 0 bridgehead atoms. The molecule has 1 aliphatic heterocycles. The largest absolute Gasteiger partial charge is 0.338 e. The minimum atomic E-state index is -0.0572. The van der Waals surface area contributed by atoms with Crippen LogP contribution in [0.25, 0.3) is 11.4 Å². The van der Waals surface area contributed by atoms with Crippen LogP contribution in [0.4, 0.5) is 5.69 Å². The normalized spacial score (nSPS) is 17.1. The van der Waals surface area contributed by atoms with Gasteiger partial charge in [-0.2, -0.15) is 4.98 Å². The van der Waals surface area contributed by atoms with Crippen molar-refractivity contribution < 1.29 is 9.32 Å². The van der Waals surface area contributed by atoms with Gasteiger partial charge in [-0.15, -0.1) is 0 Å². The lowest BCUT2D eigenvalue weighted by Gasteiger charge is -2.30. The minimum absolute atomic E-state index is 0.0572. The van der Waals surface area contributed by atoms with Crippen LogP contribution in [-0.2, 0) is 11.3 Å². The van der Waals surface area contributed by atoms with Crippen molar-refractivity contribution >= 4 is 23.2 Å². The first-order valence-electron chi connectivity index (χ1n) is 10.2. The number of aryl methyl sites for hydroxylation is 2. The number of nitrogens with zero attached hydrogens (tertiary/aromatic N) is 3. The van der Waals surface area contributed by atoms with Gasteiger partial charge in [0.15, 0.2) is 0 Å². The summed E-state index contributed by atoms with van der Waals surface area (Å²) in [4.78, 5) is 19.5. The quantitative estimate of drug-likeness (QED) is 0.633. The maximum absolute atomic E-state index is 12.8. The maximum atomic E-state index is 12.8. The molecule has 7 heteroatoms. The van der Waals surface area contributed by atoms with Crippen molar-refractivity contribution in [3.8, 4) is 11.4 Å². The molecular formula is C23H25ClN4O2. The van der Waals surface area contributed by atoms with Crippen molar-refractivity contribution in [3.05, 3.63) is 64.5 Å². The molecule has 0 spiro atoms. The summed E-state index contributed by atoms with van der Waals surface area (Å²) in [7, 11) is 0. The Bertz CT molecular complexity index is 1010. The van der Waals surface area contributed by atoms with E-state index in [1.54, 1.807) is 12.1 Å². The maximum Gasteiger partial charge on any atom is 0.241 e. The smallest absolute Gasteiger partial charge is 0.241 e. The predicted octanol–water partition coefficient (Wildman–Crippen LogP) is 4.86.